The van der Waals surface area contributed by atoms with Gasteiger partial charge >= 0.3 is 0 Å². The van der Waals surface area contributed by atoms with Crippen molar-refractivity contribution < 1.29 is 4.74 Å². The molecule has 3 atom stereocenters. The van der Waals surface area contributed by atoms with Gasteiger partial charge < -0.3 is 9.64 Å². The van der Waals surface area contributed by atoms with Crippen molar-refractivity contribution in [3.63, 3.8) is 0 Å². The summed E-state index contributed by atoms with van der Waals surface area (Å²) in [5, 5.41) is 0.694. The molecule has 174 valence electrons. The van der Waals surface area contributed by atoms with Crippen molar-refractivity contribution in [2.45, 2.75) is 50.4 Å². The quantitative estimate of drug-likeness (QED) is 0.352. The Morgan fingerprint density at radius 2 is 1.85 bits per heavy atom. The molecule has 2 aliphatic rings. The molecule has 2 fully saturated rings. The fraction of sp³-hybridized carbons (Fsp3) is 0.333. The van der Waals surface area contributed by atoms with E-state index in [4.69, 9.17) is 16.3 Å². The molecule has 34 heavy (non-hydrogen) atoms. The fourth-order valence-corrected chi connectivity index (χ4v) is 6.57. The Bertz CT molecular complexity index is 1380. The van der Waals surface area contributed by atoms with E-state index in [0.29, 0.717) is 28.4 Å². The summed E-state index contributed by atoms with van der Waals surface area (Å²) in [7, 11) is 2.24. The van der Waals surface area contributed by atoms with Crippen LogP contribution in [0.4, 0.5) is 0 Å². The first-order valence-corrected chi connectivity index (χ1v) is 13.0. The number of fused-ring (bicyclic) bond motifs is 3. The number of aromatic nitrogens is 2. The maximum Gasteiger partial charge on any atom is 0.271 e. The Balaban J connectivity index is 1.21. The Morgan fingerprint density at radius 3 is 2.62 bits per heavy atom. The van der Waals surface area contributed by atoms with Crippen molar-refractivity contribution in [2.75, 3.05) is 7.05 Å². The average Bonchev–Trinajstić information content (AvgIpc) is 3.34. The van der Waals surface area contributed by atoms with Gasteiger partial charge in [-0.25, -0.2) is 4.98 Å². The molecule has 2 saturated heterocycles. The molecule has 6 rings (SSSR count). The molecular weight excluding hydrogens is 466 g/mol. The van der Waals surface area contributed by atoms with Crippen LogP contribution in [-0.4, -0.2) is 39.7 Å². The third-order valence-electron chi connectivity index (χ3n) is 7.24. The second-order valence-corrected chi connectivity index (χ2v) is 10.9. The molecule has 1 unspecified atom stereocenters. The van der Waals surface area contributed by atoms with E-state index >= 15 is 0 Å². The van der Waals surface area contributed by atoms with E-state index in [2.05, 4.69) is 23.0 Å². The van der Waals surface area contributed by atoms with Gasteiger partial charge in [0.15, 0.2) is 0 Å². The number of halogens is 1. The minimum atomic E-state index is -0.0200. The fourth-order valence-electron chi connectivity index (χ4n) is 5.38. The van der Waals surface area contributed by atoms with Crippen LogP contribution in [0.2, 0.25) is 5.02 Å². The maximum absolute atomic E-state index is 13.2. The molecule has 0 aliphatic carbocycles. The summed E-state index contributed by atoms with van der Waals surface area (Å²) in [4.78, 5) is 21.3. The zero-order chi connectivity index (χ0) is 23.2. The second kappa shape index (κ2) is 8.84. The van der Waals surface area contributed by atoms with Crippen LogP contribution in [0, 0.1) is 0 Å². The van der Waals surface area contributed by atoms with Crippen LogP contribution in [0.25, 0.3) is 20.7 Å². The summed E-state index contributed by atoms with van der Waals surface area (Å²) < 4.78 is 8.74. The van der Waals surface area contributed by atoms with Gasteiger partial charge in [-0.2, -0.15) is 0 Å². The lowest BCUT2D eigenvalue weighted by molar-refractivity contribution is 0.0661. The molecule has 5 nitrogen and oxygen atoms in total. The third kappa shape index (κ3) is 4.15. The van der Waals surface area contributed by atoms with Gasteiger partial charge in [0.05, 0.1) is 18.4 Å². The van der Waals surface area contributed by atoms with Gasteiger partial charge in [0.2, 0.25) is 0 Å². The monoisotopic (exact) mass is 491 g/mol. The normalized spacial score (nSPS) is 22.4. The Labute approximate surface area is 207 Å². The molecule has 0 radical (unpaired) electrons. The number of hydrogen-bond donors (Lipinski definition) is 0. The number of ether oxygens (including phenoxy) is 1. The van der Waals surface area contributed by atoms with E-state index in [1.807, 2.05) is 48.5 Å². The van der Waals surface area contributed by atoms with Gasteiger partial charge in [-0.05, 0) is 74.2 Å². The summed E-state index contributed by atoms with van der Waals surface area (Å²) in [6.45, 7) is 0.464. The number of thiophene rings is 1. The smallest absolute Gasteiger partial charge is 0.271 e. The lowest BCUT2D eigenvalue weighted by Crippen LogP contribution is -2.43. The van der Waals surface area contributed by atoms with Crippen LogP contribution in [0.15, 0.2) is 65.7 Å². The van der Waals surface area contributed by atoms with Crippen LogP contribution in [0.3, 0.4) is 0 Å². The molecule has 2 aromatic heterocycles. The molecule has 2 aliphatic heterocycles. The Morgan fingerprint density at radius 1 is 1.09 bits per heavy atom. The van der Waals surface area contributed by atoms with E-state index < -0.39 is 0 Å². The zero-order valence-corrected chi connectivity index (χ0v) is 20.6. The lowest BCUT2D eigenvalue weighted by Gasteiger charge is -2.36. The summed E-state index contributed by atoms with van der Waals surface area (Å²) in [6.07, 6.45) is 6.65. The Kier molecular flexibility index (Phi) is 5.68. The largest absolute Gasteiger partial charge is 0.490 e. The highest BCUT2D eigenvalue weighted by molar-refractivity contribution is 7.22. The van der Waals surface area contributed by atoms with Gasteiger partial charge in [0.1, 0.15) is 16.6 Å². The Hall–Kier alpha value is -2.67. The number of piperidine rings is 1. The van der Waals surface area contributed by atoms with Crippen molar-refractivity contribution in [3.8, 4) is 16.2 Å². The molecule has 0 amide bonds. The number of rotatable bonds is 5. The van der Waals surface area contributed by atoms with E-state index in [-0.39, 0.29) is 11.7 Å². The maximum atomic E-state index is 13.2. The molecule has 0 N–H and O–H groups in total. The summed E-state index contributed by atoms with van der Waals surface area (Å²) >= 11 is 7.49. The van der Waals surface area contributed by atoms with E-state index in [1.54, 1.807) is 10.9 Å². The first-order chi connectivity index (χ1) is 16.5. The minimum Gasteiger partial charge on any atom is -0.490 e. The molecule has 0 saturated carbocycles. The van der Waals surface area contributed by atoms with Gasteiger partial charge in [-0.15, -0.1) is 11.3 Å². The summed E-state index contributed by atoms with van der Waals surface area (Å²) in [6, 6.07) is 19.0. The topological polar surface area (TPSA) is 47.4 Å². The van der Waals surface area contributed by atoms with Crippen molar-refractivity contribution in [1.82, 2.24) is 14.5 Å². The van der Waals surface area contributed by atoms with Gasteiger partial charge in [0.25, 0.3) is 5.56 Å². The highest BCUT2D eigenvalue weighted by Gasteiger charge is 2.39. The SMILES string of the molecule is CN1[C@@H]2CC[C@H]1CC(Oc1cccc(Cn3cnc4cc(-c5ccc(Cl)cc5)sc4c3=O)c1)C2. The van der Waals surface area contributed by atoms with Crippen molar-refractivity contribution in [1.29, 1.82) is 0 Å². The predicted octanol–water partition coefficient (Wildman–Crippen LogP) is 5.83. The molecule has 7 heteroatoms. The van der Waals surface area contributed by atoms with Crippen LogP contribution in [0.1, 0.15) is 31.2 Å². The molecule has 2 bridgehead atoms. The highest BCUT2D eigenvalue weighted by Crippen LogP contribution is 2.36. The summed E-state index contributed by atoms with van der Waals surface area (Å²) in [5.74, 6) is 0.884. The van der Waals surface area contributed by atoms with Gasteiger partial charge in [-0.3, -0.25) is 9.36 Å². The van der Waals surface area contributed by atoms with Crippen LogP contribution >= 0.6 is 22.9 Å². The second-order valence-electron chi connectivity index (χ2n) is 9.42. The molecule has 4 heterocycles. The van der Waals surface area contributed by atoms with E-state index in [1.165, 1.54) is 24.2 Å². The molecule has 4 aromatic rings. The lowest BCUT2D eigenvalue weighted by atomic mass is 10.0. The van der Waals surface area contributed by atoms with Crippen LogP contribution < -0.4 is 10.3 Å². The average molecular weight is 492 g/mol. The number of hydrogen-bond acceptors (Lipinski definition) is 5. The highest BCUT2D eigenvalue weighted by atomic mass is 35.5. The standard InChI is InChI=1S/C27H26ClN3O2S/c1-30-20-9-10-21(30)13-23(12-20)33-22-4-2-3-17(11-22)15-31-16-29-24-14-25(34-26(24)27(31)32)18-5-7-19(28)8-6-18/h2-8,11,14,16,20-21,23H,9-10,12-13,15H2,1H3/t20-,21+,23?. The van der Waals surface area contributed by atoms with Gasteiger partial charge in [-0.1, -0.05) is 35.9 Å². The third-order valence-corrected chi connectivity index (χ3v) is 8.65. The van der Waals surface area contributed by atoms with Gasteiger partial charge in [0, 0.05) is 22.0 Å². The first kappa shape index (κ1) is 21.8. The molecule has 0 spiro atoms. The first-order valence-electron chi connectivity index (χ1n) is 11.8. The minimum absolute atomic E-state index is 0.0200. The zero-order valence-electron chi connectivity index (χ0n) is 19.0. The van der Waals surface area contributed by atoms with Crippen LogP contribution in [0.5, 0.6) is 5.75 Å². The van der Waals surface area contributed by atoms with Crippen molar-refractivity contribution in [2.24, 2.45) is 0 Å². The van der Waals surface area contributed by atoms with Crippen molar-refractivity contribution in [3.05, 3.63) is 81.9 Å². The van der Waals surface area contributed by atoms with Crippen molar-refractivity contribution >= 4 is 33.2 Å². The summed E-state index contributed by atoms with van der Waals surface area (Å²) in [5.41, 5.74) is 2.77. The van der Waals surface area contributed by atoms with E-state index in [9.17, 15) is 4.79 Å². The number of nitrogens with zero attached hydrogens (tertiary/aromatic N) is 3. The molecule has 2 aromatic carbocycles. The predicted molar refractivity (Wildman–Crippen MR) is 138 cm³/mol. The van der Waals surface area contributed by atoms with Crippen LogP contribution in [-0.2, 0) is 6.54 Å². The number of benzene rings is 2. The molecular formula is C27H26ClN3O2S. The van der Waals surface area contributed by atoms with E-state index in [0.717, 1.165) is 40.1 Å².